The smallest absolute Gasteiger partial charge is 0.409 e. The highest BCUT2D eigenvalue weighted by atomic mass is 16.6. The van der Waals surface area contributed by atoms with E-state index in [9.17, 15) is 9.59 Å². The quantitative estimate of drug-likeness (QED) is 0.267. The molecule has 0 saturated carbocycles. The molecule has 1 saturated heterocycles. The van der Waals surface area contributed by atoms with Crippen molar-refractivity contribution in [1.29, 1.82) is 0 Å². The summed E-state index contributed by atoms with van der Waals surface area (Å²) in [6, 6.07) is 20.5. The highest BCUT2D eigenvalue weighted by Crippen LogP contribution is 2.34. The van der Waals surface area contributed by atoms with Crippen molar-refractivity contribution in [2.24, 2.45) is 0 Å². The van der Waals surface area contributed by atoms with E-state index >= 15 is 0 Å². The standard InChI is InChI=1S/C30H34N2O3/c1-4-5-16-35-30(34)32-19-26(20-32)23-10-12-24(13-11-23)28(27-9-7-6-8-21(27)2)18-29(33)25-14-15-31-22(3)17-25/h6-15,17,26,28H,4-5,16,18-20H2,1-3H3. The second-order valence-electron chi connectivity index (χ2n) is 9.46. The number of amides is 1. The third-order valence-corrected chi connectivity index (χ3v) is 6.85. The molecule has 0 radical (unpaired) electrons. The fourth-order valence-electron chi connectivity index (χ4n) is 4.64. The van der Waals surface area contributed by atoms with E-state index < -0.39 is 0 Å². The predicted molar refractivity (Wildman–Crippen MR) is 138 cm³/mol. The first-order valence-electron chi connectivity index (χ1n) is 12.5. The maximum atomic E-state index is 13.2. The van der Waals surface area contributed by atoms with Gasteiger partial charge in [0.1, 0.15) is 0 Å². The number of benzene rings is 2. The summed E-state index contributed by atoms with van der Waals surface area (Å²) in [6.45, 7) is 7.94. The van der Waals surface area contributed by atoms with Gasteiger partial charge >= 0.3 is 6.09 Å². The normalized spacial score (nSPS) is 14.3. The first-order valence-corrected chi connectivity index (χ1v) is 12.5. The molecule has 4 rings (SSSR count). The van der Waals surface area contributed by atoms with Gasteiger partial charge in [0, 0.05) is 48.8 Å². The zero-order chi connectivity index (χ0) is 24.8. The third kappa shape index (κ3) is 5.97. The molecule has 1 amide bonds. The van der Waals surface area contributed by atoms with Gasteiger partial charge in [0.25, 0.3) is 0 Å². The van der Waals surface area contributed by atoms with Crippen molar-refractivity contribution in [2.75, 3.05) is 19.7 Å². The minimum Gasteiger partial charge on any atom is -0.449 e. The molecule has 0 N–H and O–H groups in total. The van der Waals surface area contributed by atoms with Crippen molar-refractivity contribution in [2.45, 2.75) is 51.9 Å². The summed E-state index contributed by atoms with van der Waals surface area (Å²) in [7, 11) is 0. The molecular weight excluding hydrogens is 436 g/mol. The summed E-state index contributed by atoms with van der Waals surface area (Å²) in [5.41, 5.74) is 6.23. The van der Waals surface area contributed by atoms with Crippen molar-refractivity contribution in [3.8, 4) is 0 Å². The minimum absolute atomic E-state index is 0.0300. The molecule has 182 valence electrons. The summed E-state index contributed by atoms with van der Waals surface area (Å²) in [4.78, 5) is 31.3. The number of hydrogen-bond acceptors (Lipinski definition) is 4. The fraction of sp³-hybridized carbons (Fsp3) is 0.367. The van der Waals surface area contributed by atoms with E-state index in [0.29, 0.717) is 37.6 Å². The maximum Gasteiger partial charge on any atom is 0.409 e. The van der Waals surface area contributed by atoms with E-state index in [4.69, 9.17) is 4.74 Å². The Morgan fingerprint density at radius 1 is 1.06 bits per heavy atom. The fourth-order valence-corrected chi connectivity index (χ4v) is 4.64. The number of hydrogen-bond donors (Lipinski definition) is 0. The SMILES string of the molecule is CCCCOC(=O)N1CC(c2ccc(C(CC(=O)c3ccnc(C)c3)c3ccccc3C)cc2)C1. The predicted octanol–water partition coefficient (Wildman–Crippen LogP) is 6.44. The Morgan fingerprint density at radius 3 is 2.49 bits per heavy atom. The van der Waals surface area contributed by atoms with Gasteiger partial charge in [0.15, 0.2) is 5.78 Å². The lowest BCUT2D eigenvalue weighted by atomic mass is 9.82. The monoisotopic (exact) mass is 470 g/mol. The van der Waals surface area contributed by atoms with Crippen LogP contribution in [0.25, 0.3) is 0 Å². The van der Waals surface area contributed by atoms with E-state index in [1.54, 1.807) is 17.2 Å². The van der Waals surface area contributed by atoms with Gasteiger partial charge in [-0.3, -0.25) is 9.78 Å². The van der Waals surface area contributed by atoms with Crippen molar-refractivity contribution in [1.82, 2.24) is 9.88 Å². The van der Waals surface area contributed by atoms with Crippen LogP contribution < -0.4 is 0 Å². The summed E-state index contributed by atoms with van der Waals surface area (Å²) in [6.07, 6.45) is 3.79. The molecule has 5 heteroatoms. The van der Waals surface area contributed by atoms with E-state index in [-0.39, 0.29) is 17.8 Å². The lowest BCUT2D eigenvalue weighted by molar-refractivity contribution is 0.0705. The molecule has 1 aromatic heterocycles. The molecule has 1 fully saturated rings. The third-order valence-electron chi connectivity index (χ3n) is 6.85. The molecule has 1 unspecified atom stereocenters. The molecule has 5 nitrogen and oxygen atoms in total. The Hall–Kier alpha value is -3.47. The van der Waals surface area contributed by atoms with Gasteiger partial charge in [-0.15, -0.1) is 0 Å². The molecule has 1 atom stereocenters. The van der Waals surface area contributed by atoms with Gasteiger partial charge in [-0.25, -0.2) is 4.79 Å². The van der Waals surface area contributed by atoms with E-state index in [1.807, 2.05) is 25.1 Å². The molecule has 2 heterocycles. The van der Waals surface area contributed by atoms with Crippen molar-refractivity contribution in [3.05, 3.63) is 100 Å². The molecule has 0 aliphatic carbocycles. The van der Waals surface area contributed by atoms with Crippen LogP contribution in [0.2, 0.25) is 0 Å². The average molecular weight is 471 g/mol. The number of carbonyl (C=O) groups is 2. The molecule has 35 heavy (non-hydrogen) atoms. The number of unbranched alkanes of at least 4 members (excludes halogenated alkanes) is 1. The zero-order valence-electron chi connectivity index (χ0n) is 20.9. The number of carbonyl (C=O) groups excluding carboxylic acids is 2. The van der Waals surface area contributed by atoms with Crippen LogP contribution in [0.5, 0.6) is 0 Å². The number of Topliss-reactive ketones (excluding diaryl/α,β-unsaturated/α-hetero) is 1. The number of aromatic nitrogens is 1. The number of likely N-dealkylation sites (tertiary alicyclic amines) is 1. The van der Waals surface area contributed by atoms with Crippen LogP contribution in [0.15, 0.2) is 66.9 Å². The number of nitrogens with zero attached hydrogens (tertiary/aromatic N) is 2. The van der Waals surface area contributed by atoms with Gasteiger partial charge in [-0.05, 0) is 54.7 Å². The first-order chi connectivity index (χ1) is 17.0. The first kappa shape index (κ1) is 24.6. The minimum atomic E-state index is -0.212. The molecule has 3 aromatic rings. The summed E-state index contributed by atoms with van der Waals surface area (Å²) < 4.78 is 5.31. The van der Waals surface area contributed by atoms with Crippen LogP contribution in [0.3, 0.4) is 0 Å². The van der Waals surface area contributed by atoms with Gasteiger partial charge in [-0.2, -0.15) is 0 Å². The highest BCUT2D eigenvalue weighted by Gasteiger charge is 2.33. The molecular formula is C30H34N2O3. The van der Waals surface area contributed by atoms with Crippen LogP contribution in [0.4, 0.5) is 4.79 Å². The van der Waals surface area contributed by atoms with Crippen LogP contribution in [-0.2, 0) is 4.74 Å². The molecule has 2 aromatic carbocycles. The molecule has 0 spiro atoms. The van der Waals surface area contributed by atoms with E-state index in [2.05, 4.69) is 55.2 Å². The van der Waals surface area contributed by atoms with Gasteiger partial charge in [-0.1, -0.05) is 61.9 Å². The topological polar surface area (TPSA) is 59.5 Å². The van der Waals surface area contributed by atoms with Crippen LogP contribution in [0.1, 0.15) is 76.3 Å². The second kappa shape index (κ2) is 11.3. The number of pyridine rings is 1. The van der Waals surface area contributed by atoms with Crippen molar-refractivity contribution >= 4 is 11.9 Å². The molecule has 0 bridgehead atoms. The number of aryl methyl sites for hydroxylation is 2. The Kier molecular flexibility index (Phi) is 7.96. The van der Waals surface area contributed by atoms with Gasteiger partial charge in [0.05, 0.1) is 6.61 Å². The van der Waals surface area contributed by atoms with Crippen LogP contribution in [-0.4, -0.2) is 41.5 Å². The van der Waals surface area contributed by atoms with Crippen molar-refractivity contribution < 1.29 is 14.3 Å². The number of ether oxygens (including phenoxy) is 1. The lowest BCUT2D eigenvalue weighted by Gasteiger charge is -2.38. The van der Waals surface area contributed by atoms with E-state index in [0.717, 1.165) is 24.1 Å². The van der Waals surface area contributed by atoms with Crippen LogP contribution in [0, 0.1) is 13.8 Å². The van der Waals surface area contributed by atoms with Crippen molar-refractivity contribution in [3.63, 3.8) is 0 Å². The number of ketones is 1. The summed E-state index contributed by atoms with van der Waals surface area (Å²) in [5, 5.41) is 0. The number of rotatable bonds is 9. The Labute approximate surface area is 208 Å². The van der Waals surface area contributed by atoms with Crippen LogP contribution >= 0.6 is 0 Å². The van der Waals surface area contributed by atoms with Gasteiger partial charge < -0.3 is 9.64 Å². The van der Waals surface area contributed by atoms with E-state index in [1.165, 1.54) is 16.7 Å². The molecule has 1 aliphatic rings. The van der Waals surface area contributed by atoms with Gasteiger partial charge in [0.2, 0.25) is 0 Å². The Morgan fingerprint density at radius 2 is 1.80 bits per heavy atom. The lowest BCUT2D eigenvalue weighted by Crippen LogP contribution is -2.48. The summed E-state index contributed by atoms with van der Waals surface area (Å²) in [5.74, 6) is 0.405. The Balaban J connectivity index is 1.48. The molecule has 1 aliphatic heterocycles. The largest absolute Gasteiger partial charge is 0.449 e. The second-order valence-corrected chi connectivity index (χ2v) is 9.46. The maximum absolute atomic E-state index is 13.2. The zero-order valence-corrected chi connectivity index (χ0v) is 20.9. The Bertz CT molecular complexity index is 1170. The average Bonchev–Trinajstić information content (AvgIpc) is 2.83. The highest BCUT2D eigenvalue weighted by molar-refractivity contribution is 5.96. The summed E-state index contributed by atoms with van der Waals surface area (Å²) >= 11 is 0.